The van der Waals surface area contributed by atoms with Crippen LogP contribution in [0.5, 0.6) is 5.75 Å². The van der Waals surface area contributed by atoms with E-state index in [0.717, 1.165) is 32.9 Å². The first kappa shape index (κ1) is 24.4. The number of halogens is 2. The second-order valence-corrected chi connectivity index (χ2v) is 9.94. The molecule has 4 rings (SSSR count). The van der Waals surface area contributed by atoms with E-state index in [2.05, 4.69) is 75.1 Å². The number of fused-ring (bicyclic) bond motifs is 1. The molecule has 0 bridgehead atoms. The molecule has 0 saturated heterocycles. The summed E-state index contributed by atoms with van der Waals surface area (Å²) in [5, 5.41) is 5.10. The predicted octanol–water partition coefficient (Wildman–Crippen LogP) is 7.03. The molecular weight excluding hydrogens is 558 g/mol. The summed E-state index contributed by atoms with van der Waals surface area (Å²) in [6.45, 7) is 4.62. The lowest BCUT2D eigenvalue weighted by Crippen LogP contribution is -2.22. The summed E-state index contributed by atoms with van der Waals surface area (Å²) < 4.78 is 9.24. The normalized spacial score (nSPS) is 11.4. The van der Waals surface area contributed by atoms with Gasteiger partial charge >= 0.3 is 0 Å². The van der Waals surface area contributed by atoms with Crippen LogP contribution in [0.15, 0.2) is 79.5 Å². The monoisotopic (exact) mass is 581 g/mol. The molecule has 1 heterocycles. The summed E-state index contributed by atoms with van der Waals surface area (Å²) in [6, 6.07) is 19.5. The van der Waals surface area contributed by atoms with Crippen LogP contribution < -0.4 is 10.3 Å². The molecule has 0 unspecified atom stereocenters. The smallest absolute Gasteiger partial charge is 0.282 e. The Bertz CT molecular complexity index is 1400. The molecule has 0 aliphatic rings. The van der Waals surface area contributed by atoms with Gasteiger partial charge in [0.2, 0.25) is 0 Å². The average Bonchev–Trinajstić information content (AvgIpc) is 2.83. The molecule has 0 aliphatic carbocycles. The number of aryl methyl sites for hydroxylation is 2. The molecule has 4 aromatic rings. The number of hydrogen-bond donors (Lipinski definition) is 0. The standard InChI is InChI=1S/C27H25Br2N3O2/c1-3-4-5-26-31-24-12-10-22(29)15-23(24)27(33)32(26)30-16-20-14-21(28)11-13-25(20)34-17-19-8-6-18(2)7-9-19/h6-16H,3-5,17H2,1-2H3. The van der Waals surface area contributed by atoms with E-state index in [0.29, 0.717) is 35.5 Å². The summed E-state index contributed by atoms with van der Waals surface area (Å²) in [6.07, 6.45) is 4.26. The third-order valence-electron chi connectivity index (χ3n) is 5.43. The summed E-state index contributed by atoms with van der Waals surface area (Å²) in [4.78, 5) is 18.1. The van der Waals surface area contributed by atoms with Crippen LogP contribution in [-0.4, -0.2) is 15.9 Å². The lowest BCUT2D eigenvalue weighted by Gasteiger charge is -2.11. The maximum Gasteiger partial charge on any atom is 0.282 e. The lowest BCUT2D eigenvalue weighted by atomic mass is 10.1. The van der Waals surface area contributed by atoms with E-state index in [1.165, 1.54) is 10.2 Å². The van der Waals surface area contributed by atoms with Crippen LogP contribution in [0.4, 0.5) is 0 Å². The van der Waals surface area contributed by atoms with Gasteiger partial charge in [-0.2, -0.15) is 9.78 Å². The van der Waals surface area contributed by atoms with Crippen LogP contribution >= 0.6 is 31.9 Å². The van der Waals surface area contributed by atoms with Crippen LogP contribution in [0.2, 0.25) is 0 Å². The Morgan fingerprint density at radius 2 is 1.76 bits per heavy atom. The predicted molar refractivity (Wildman–Crippen MR) is 145 cm³/mol. The zero-order valence-corrected chi connectivity index (χ0v) is 22.3. The van der Waals surface area contributed by atoms with E-state index in [9.17, 15) is 4.79 Å². The van der Waals surface area contributed by atoms with Crippen molar-refractivity contribution < 1.29 is 4.74 Å². The molecule has 0 atom stereocenters. The fourth-order valence-electron chi connectivity index (χ4n) is 3.53. The molecule has 0 N–H and O–H groups in total. The highest BCUT2D eigenvalue weighted by molar-refractivity contribution is 9.10. The van der Waals surface area contributed by atoms with Crippen LogP contribution in [-0.2, 0) is 13.0 Å². The molecule has 0 radical (unpaired) electrons. The van der Waals surface area contributed by atoms with Gasteiger partial charge in [0.15, 0.2) is 0 Å². The van der Waals surface area contributed by atoms with E-state index >= 15 is 0 Å². The van der Waals surface area contributed by atoms with Crippen molar-refractivity contribution in [3.8, 4) is 5.75 Å². The molecule has 174 valence electrons. The second kappa shape index (κ2) is 11.1. The number of nitrogens with zero attached hydrogens (tertiary/aromatic N) is 3. The highest BCUT2D eigenvalue weighted by Gasteiger charge is 2.11. The largest absolute Gasteiger partial charge is 0.488 e. The minimum atomic E-state index is -0.189. The van der Waals surface area contributed by atoms with Gasteiger partial charge in [-0.25, -0.2) is 4.98 Å². The minimum absolute atomic E-state index is 0.189. The van der Waals surface area contributed by atoms with Crippen molar-refractivity contribution in [2.75, 3.05) is 0 Å². The minimum Gasteiger partial charge on any atom is -0.488 e. The van der Waals surface area contributed by atoms with Crippen molar-refractivity contribution in [1.29, 1.82) is 0 Å². The molecule has 5 nitrogen and oxygen atoms in total. The summed E-state index contributed by atoms with van der Waals surface area (Å²) in [5.41, 5.74) is 3.55. The van der Waals surface area contributed by atoms with Gasteiger partial charge in [-0.3, -0.25) is 4.79 Å². The Morgan fingerprint density at radius 1 is 1.03 bits per heavy atom. The molecule has 34 heavy (non-hydrogen) atoms. The van der Waals surface area contributed by atoms with E-state index in [1.54, 1.807) is 12.3 Å². The maximum absolute atomic E-state index is 13.3. The topological polar surface area (TPSA) is 56.5 Å². The summed E-state index contributed by atoms with van der Waals surface area (Å²) in [7, 11) is 0. The average molecular weight is 583 g/mol. The van der Waals surface area contributed by atoms with Crippen molar-refractivity contribution in [2.24, 2.45) is 5.10 Å². The van der Waals surface area contributed by atoms with Gasteiger partial charge in [0.05, 0.1) is 17.1 Å². The quantitative estimate of drug-likeness (QED) is 0.209. The molecule has 7 heteroatoms. The highest BCUT2D eigenvalue weighted by atomic mass is 79.9. The van der Waals surface area contributed by atoms with Gasteiger partial charge in [0.25, 0.3) is 5.56 Å². The van der Waals surface area contributed by atoms with Gasteiger partial charge in [-0.15, -0.1) is 0 Å². The summed E-state index contributed by atoms with van der Waals surface area (Å²) in [5.74, 6) is 1.34. The molecule has 0 saturated carbocycles. The van der Waals surface area contributed by atoms with Gasteiger partial charge in [0, 0.05) is 20.9 Å². The van der Waals surface area contributed by atoms with Gasteiger partial charge in [-0.1, -0.05) is 75.0 Å². The Morgan fingerprint density at radius 3 is 2.53 bits per heavy atom. The van der Waals surface area contributed by atoms with Crippen molar-refractivity contribution in [1.82, 2.24) is 9.66 Å². The Kier molecular flexibility index (Phi) is 7.95. The van der Waals surface area contributed by atoms with Crippen molar-refractivity contribution in [3.05, 3.63) is 102 Å². The molecule has 0 spiro atoms. The first-order chi connectivity index (χ1) is 16.4. The number of rotatable bonds is 8. The SMILES string of the molecule is CCCCc1nc2ccc(Br)cc2c(=O)n1N=Cc1cc(Br)ccc1OCc1ccc(C)cc1. The molecule has 0 amide bonds. The summed E-state index contributed by atoms with van der Waals surface area (Å²) >= 11 is 6.98. The van der Waals surface area contributed by atoms with Crippen LogP contribution in [0.3, 0.4) is 0 Å². The molecular formula is C27H25Br2N3O2. The van der Waals surface area contributed by atoms with E-state index < -0.39 is 0 Å². The van der Waals surface area contributed by atoms with Crippen LogP contribution in [0.25, 0.3) is 10.9 Å². The molecule has 1 aromatic heterocycles. The Balaban J connectivity index is 1.70. The number of hydrogen-bond acceptors (Lipinski definition) is 4. The third-order valence-corrected chi connectivity index (χ3v) is 6.41. The number of unbranched alkanes of at least 4 members (excludes halogenated alkanes) is 1. The Labute approximate surface area is 215 Å². The zero-order valence-electron chi connectivity index (χ0n) is 19.1. The van der Waals surface area contributed by atoms with E-state index in [1.807, 2.05) is 30.3 Å². The van der Waals surface area contributed by atoms with Crippen molar-refractivity contribution in [3.63, 3.8) is 0 Å². The van der Waals surface area contributed by atoms with Crippen LogP contribution in [0.1, 0.15) is 42.3 Å². The van der Waals surface area contributed by atoms with Gasteiger partial charge < -0.3 is 4.74 Å². The highest BCUT2D eigenvalue weighted by Crippen LogP contribution is 2.23. The first-order valence-corrected chi connectivity index (χ1v) is 12.8. The molecule has 3 aromatic carbocycles. The second-order valence-electron chi connectivity index (χ2n) is 8.11. The van der Waals surface area contributed by atoms with Crippen molar-refractivity contribution in [2.45, 2.75) is 39.7 Å². The zero-order chi connectivity index (χ0) is 24.1. The third kappa shape index (κ3) is 5.83. The van der Waals surface area contributed by atoms with Crippen LogP contribution in [0, 0.1) is 6.92 Å². The number of aromatic nitrogens is 2. The van der Waals surface area contributed by atoms with Crippen molar-refractivity contribution >= 4 is 49.0 Å². The van der Waals surface area contributed by atoms with E-state index in [-0.39, 0.29) is 5.56 Å². The van der Waals surface area contributed by atoms with E-state index in [4.69, 9.17) is 9.72 Å². The number of ether oxygens (including phenoxy) is 1. The fourth-order valence-corrected chi connectivity index (χ4v) is 4.27. The molecule has 0 fully saturated rings. The maximum atomic E-state index is 13.3. The number of benzene rings is 3. The first-order valence-electron chi connectivity index (χ1n) is 11.2. The Hall–Kier alpha value is -2.77. The fraction of sp³-hybridized carbons (Fsp3) is 0.222. The van der Waals surface area contributed by atoms with Gasteiger partial charge in [-0.05, 0) is 55.3 Å². The molecule has 0 aliphatic heterocycles. The van der Waals surface area contributed by atoms with Gasteiger partial charge in [0.1, 0.15) is 18.2 Å². The lowest BCUT2D eigenvalue weighted by molar-refractivity contribution is 0.305.